The fraction of sp³-hybridized carbons (Fsp3) is 0.167. The molecule has 5 nitrogen and oxygen atoms in total. The van der Waals surface area contributed by atoms with Crippen molar-refractivity contribution < 1.29 is 14.3 Å². The lowest BCUT2D eigenvalue weighted by Gasteiger charge is -2.11. The van der Waals surface area contributed by atoms with Gasteiger partial charge in [-0.15, -0.1) is 0 Å². The molecule has 0 spiro atoms. The highest BCUT2D eigenvalue weighted by molar-refractivity contribution is 6.34. The van der Waals surface area contributed by atoms with Crippen molar-refractivity contribution in [2.45, 2.75) is 19.9 Å². The van der Waals surface area contributed by atoms with E-state index < -0.39 is 0 Å². The SMILES string of the molecule is CCOC(=O)Cc1ccc(NC(=O)c2cc(NCc3cccc(Cl)c3)ccc2Cl)cc1. The number of hydrogen-bond acceptors (Lipinski definition) is 4. The van der Waals surface area contributed by atoms with Crippen LogP contribution in [-0.2, 0) is 22.5 Å². The maximum absolute atomic E-state index is 12.7. The van der Waals surface area contributed by atoms with Gasteiger partial charge >= 0.3 is 5.97 Å². The topological polar surface area (TPSA) is 67.4 Å². The fourth-order valence-corrected chi connectivity index (χ4v) is 3.36. The number of halogens is 2. The van der Waals surface area contributed by atoms with Gasteiger partial charge in [0.25, 0.3) is 5.91 Å². The molecule has 7 heteroatoms. The van der Waals surface area contributed by atoms with Crippen molar-refractivity contribution in [1.29, 1.82) is 0 Å². The van der Waals surface area contributed by atoms with E-state index in [1.54, 1.807) is 43.3 Å². The second-order valence-electron chi connectivity index (χ2n) is 6.81. The molecule has 0 bridgehead atoms. The quantitative estimate of drug-likeness (QED) is 0.410. The summed E-state index contributed by atoms with van der Waals surface area (Å²) in [6.07, 6.45) is 0.189. The molecule has 3 aromatic carbocycles. The number of rotatable bonds is 8. The predicted molar refractivity (Wildman–Crippen MR) is 125 cm³/mol. The molecule has 160 valence electrons. The van der Waals surface area contributed by atoms with Gasteiger partial charge in [-0.3, -0.25) is 9.59 Å². The minimum atomic E-state index is -0.324. The van der Waals surface area contributed by atoms with Gasteiger partial charge in [0.2, 0.25) is 0 Å². The van der Waals surface area contributed by atoms with Crippen LogP contribution in [0.5, 0.6) is 0 Å². The summed E-state index contributed by atoms with van der Waals surface area (Å²) in [4.78, 5) is 24.3. The number of esters is 1. The van der Waals surface area contributed by atoms with Gasteiger partial charge in [0.1, 0.15) is 0 Å². The van der Waals surface area contributed by atoms with Gasteiger partial charge in [0, 0.05) is 22.9 Å². The number of carbonyl (C=O) groups is 2. The second-order valence-corrected chi connectivity index (χ2v) is 7.65. The molecule has 0 fully saturated rings. The van der Waals surface area contributed by atoms with Crippen LogP contribution >= 0.6 is 23.2 Å². The first kappa shape index (κ1) is 22.7. The smallest absolute Gasteiger partial charge is 0.310 e. The Bertz CT molecular complexity index is 1070. The van der Waals surface area contributed by atoms with E-state index in [2.05, 4.69) is 10.6 Å². The number of ether oxygens (including phenoxy) is 1. The maximum atomic E-state index is 12.7. The van der Waals surface area contributed by atoms with E-state index in [0.717, 1.165) is 16.8 Å². The Labute approximate surface area is 191 Å². The van der Waals surface area contributed by atoms with E-state index in [9.17, 15) is 9.59 Å². The zero-order valence-electron chi connectivity index (χ0n) is 17.0. The van der Waals surface area contributed by atoms with E-state index in [-0.39, 0.29) is 18.3 Å². The van der Waals surface area contributed by atoms with E-state index in [1.165, 1.54) is 0 Å². The Balaban J connectivity index is 1.64. The van der Waals surface area contributed by atoms with Gasteiger partial charge in [0.15, 0.2) is 0 Å². The van der Waals surface area contributed by atoms with E-state index in [0.29, 0.717) is 34.4 Å². The van der Waals surface area contributed by atoms with Gasteiger partial charge in [-0.05, 0) is 60.5 Å². The molecular formula is C24H22Cl2N2O3. The highest BCUT2D eigenvalue weighted by Gasteiger charge is 2.12. The molecule has 1 amide bonds. The van der Waals surface area contributed by atoms with Crippen LogP contribution in [0.1, 0.15) is 28.4 Å². The van der Waals surface area contributed by atoms with Gasteiger partial charge in [-0.1, -0.05) is 47.5 Å². The molecule has 0 saturated carbocycles. The largest absolute Gasteiger partial charge is 0.466 e. The molecule has 0 unspecified atom stereocenters. The molecule has 0 radical (unpaired) electrons. The summed E-state index contributed by atoms with van der Waals surface area (Å²) in [7, 11) is 0. The average Bonchev–Trinajstić information content (AvgIpc) is 2.74. The van der Waals surface area contributed by atoms with Gasteiger partial charge < -0.3 is 15.4 Å². The Hall–Kier alpha value is -3.02. The Morgan fingerprint density at radius 3 is 2.35 bits per heavy atom. The Kier molecular flexibility index (Phi) is 7.93. The van der Waals surface area contributed by atoms with Crippen LogP contribution in [0.15, 0.2) is 66.7 Å². The summed E-state index contributed by atoms with van der Waals surface area (Å²) < 4.78 is 4.94. The molecular weight excluding hydrogens is 435 g/mol. The summed E-state index contributed by atoms with van der Waals surface area (Å²) >= 11 is 12.3. The predicted octanol–water partition coefficient (Wildman–Crippen LogP) is 5.96. The highest BCUT2D eigenvalue weighted by atomic mass is 35.5. The minimum Gasteiger partial charge on any atom is -0.466 e. The number of hydrogen-bond donors (Lipinski definition) is 2. The van der Waals surface area contributed by atoms with Crippen LogP contribution in [-0.4, -0.2) is 18.5 Å². The number of nitrogens with one attached hydrogen (secondary N) is 2. The normalized spacial score (nSPS) is 10.4. The number of carbonyl (C=O) groups excluding carboxylic acids is 2. The first-order chi connectivity index (χ1) is 14.9. The molecule has 0 aromatic heterocycles. The monoisotopic (exact) mass is 456 g/mol. The third-order valence-electron chi connectivity index (χ3n) is 4.46. The number of amides is 1. The zero-order chi connectivity index (χ0) is 22.2. The van der Waals surface area contributed by atoms with Crippen molar-refractivity contribution >= 4 is 46.5 Å². The second kappa shape index (κ2) is 10.8. The maximum Gasteiger partial charge on any atom is 0.310 e. The molecule has 0 aliphatic carbocycles. The van der Waals surface area contributed by atoms with Crippen molar-refractivity contribution in [2.75, 3.05) is 17.2 Å². The first-order valence-corrected chi connectivity index (χ1v) is 10.5. The Morgan fingerprint density at radius 2 is 1.65 bits per heavy atom. The lowest BCUT2D eigenvalue weighted by atomic mass is 10.1. The van der Waals surface area contributed by atoms with Crippen LogP contribution in [0.2, 0.25) is 10.0 Å². The lowest BCUT2D eigenvalue weighted by molar-refractivity contribution is -0.142. The minimum absolute atomic E-state index is 0.189. The van der Waals surface area contributed by atoms with Crippen molar-refractivity contribution in [3.05, 3.63) is 93.5 Å². The zero-order valence-corrected chi connectivity index (χ0v) is 18.5. The summed E-state index contributed by atoms with van der Waals surface area (Å²) in [5.41, 5.74) is 3.55. The van der Waals surface area contributed by atoms with E-state index in [4.69, 9.17) is 27.9 Å². The number of benzene rings is 3. The lowest BCUT2D eigenvalue weighted by Crippen LogP contribution is -2.13. The molecule has 0 atom stereocenters. The van der Waals surface area contributed by atoms with Crippen LogP contribution in [0, 0.1) is 0 Å². The van der Waals surface area contributed by atoms with Gasteiger partial charge in [-0.25, -0.2) is 0 Å². The molecule has 0 heterocycles. The molecule has 0 saturated heterocycles. The van der Waals surface area contributed by atoms with E-state index in [1.807, 2.05) is 30.3 Å². The molecule has 31 heavy (non-hydrogen) atoms. The third-order valence-corrected chi connectivity index (χ3v) is 5.03. The standard InChI is InChI=1S/C24H22Cl2N2O3/c1-2-31-23(29)13-16-6-8-19(9-7-16)28-24(30)21-14-20(10-11-22(21)26)27-15-17-4-3-5-18(25)12-17/h3-12,14,27H,2,13,15H2,1H3,(H,28,30). The molecule has 3 aromatic rings. The summed E-state index contributed by atoms with van der Waals surface area (Å²) in [6.45, 7) is 2.68. The highest BCUT2D eigenvalue weighted by Crippen LogP contribution is 2.23. The van der Waals surface area contributed by atoms with Crippen LogP contribution in [0.3, 0.4) is 0 Å². The number of anilines is 2. The van der Waals surface area contributed by atoms with Crippen molar-refractivity contribution in [3.63, 3.8) is 0 Å². The van der Waals surface area contributed by atoms with Gasteiger partial charge in [-0.2, -0.15) is 0 Å². The fourth-order valence-electron chi connectivity index (χ4n) is 2.94. The third kappa shape index (κ3) is 6.74. The van der Waals surface area contributed by atoms with Crippen molar-refractivity contribution in [2.24, 2.45) is 0 Å². The van der Waals surface area contributed by atoms with Crippen molar-refractivity contribution in [1.82, 2.24) is 0 Å². The Morgan fingerprint density at radius 1 is 0.903 bits per heavy atom. The van der Waals surface area contributed by atoms with Crippen molar-refractivity contribution in [3.8, 4) is 0 Å². The van der Waals surface area contributed by atoms with Gasteiger partial charge in [0.05, 0.1) is 23.6 Å². The average molecular weight is 457 g/mol. The van der Waals surface area contributed by atoms with Crippen LogP contribution in [0.4, 0.5) is 11.4 Å². The molecule has 3 rings (SSSR count). The molecule has 0 aliphatic heterocycles. The summed E-state index contributed by atoms with van der Waals surface area (Å²) in [6, 6.07) is 19.8. The van der Waals surface area contributed by atoms with Crippen LogP contribution in [0.25, 0.3) is 0 Å². The molecule has 0 aliphatic rings. The summed E-state index contributed by atoms with van der Waals surface area (Å²) in [5.74, 6) is -0.609. The first-order valence-electron chi connectivity index (χ1n) is 9.78. The van der Waals surface area contributed by atoms with E-state index >= 15 is 0 Å². The molecule has 2 N–H and O–H groups in total. The van der Waals surface area contributed by atoms with Crippen LogP contribution < -0.4 is 10.6 Å². The summed E-state index contributed by atoms with van der Waals surface area (Å²) in [5, 5.41) is 7.12.